The molecular weight excluding hydrogens is 189 g/mol. The molecule has 72 valence electrons. The predicted octanol–water partition coefficient (Wildman–Crippen LogP) is 3.15. The zero-order valence-electron chi connectivity index (χ0n) is 7.77. The van der Waals surface area contributed by atoms with Crippen LogP contribution in [0.5, 0.6) is 0 Å². The van der Waals surface area contributed by atoms with E-state index in [9.17, 15) is 4.39 Å². The molecule has 0 fully saturated rings. The minimum atomic E-state index is -0.281. The summed E-state index contributed by atoms with van der Waals surface area (Å²) >= 11 is 5.74. The average Bonchev–Trinajstić information content (AvgIpc) is 2.04. The van der Waals surface area contributed by atoms with Gasteiger partial charge in [-0.1, -0.05) is 18.5 Å². The highest BCUT2D eigenvalue weighted by Gasteiger charge is 2.08. The van der Waals surface area contributed by atoms with E-state index >= 15 is 0 Å². The number of halogens is 2. The standard InChI is InChI=1S/C10H13ClFN/c1-3-10(13-2)7-4-8(11)6-9(12)5-7/h4-6,10,13H,3H2,1-2H3/t10-/m1/s1. The lowest BCUT2D eigenvalue weighted by molar-refractivity contribution is 0.565. The molecule has 1 atom stereocenters. The lowest BCUT2D eigenvalue weighted by Gasteiger charge is -2.14. The van der Waals surface area contributed by atoms with Crippen molar-refractivity contribution in [3.05, 3.63) is 34.6 Å². The highest BCUT2D eigenvalue weighted by atomic mass is 35.5. The fourth-order valence-electron chi connectivity index (χ4n) is 1.38. The van der Waals surface area contributed by atoms with Crippen molar-refractivity contribution in [3.63, 3.8) is 0 Å². The van der Waals surface area contributed by atoms with Gasteiger partial charge < -0.3 is 5.32 Å². The van der Waals surface area contributed by atoms with Gasteiger partial charge in [-0.05, 0) is 37.2 Å². The molecule has 0 radical (unpaired) electrons. The van der Waals surface area contributed by atoms with Crippen LogP contribution in [-0.2, 0) is 0 Å². The molecule has 0 unspecified atom stereocenters. The molecule has 0 aliphatic rings. The maximum absolute atomic E-state index is 12.9. The third-order valence-electron chi connectivity index (χ3n) is 2.04. The van der Waals surface area contributed by atoms with Gasteiger partial charge in [0.25, 0.3) is 0 Å². The molecule has 13 heavy (non-hydrogen) atoms. The van der Waals surface area contributed by atoms with Crippen molar-refractivity contribution < 1.29 is 4.39 Å². The molecule has 1 aromatic rings. The first-order valence-electron chi connectivity index (χ1n) is 4.30. The molecule has 0 saturated heterocycles. The number of hydrogen-bond donors (Lipinski definition) is 1. The van der Waals surface area contributed by atoms with Crippen molar-refractivity contribution in [1.29, 1.82) is 0 Å². The van der Waals surface area contributed by atoms with Gasteiger partial charge >= 0.3 is 0 Å². The fourth-order valence-corrected chi connectivity index (χ4v) is 1.61. The van der Waals surface area contributed by atoms with Crippen molar-refractivity contribution >= 4 is 11.6 Å². The maximum atomic E-state index is 12.9. The summed E-state index contributed by atoms with van der Waals surface area (Å²) in [5, 5.41) is 3.55. The normalized spacial score (nSPS) is 12.9. The molecule has 0 saturated carbocycles. The van der Waals surface area contributed by atoms with E-state index in [0.29, 0.717) is 5.02 Å². The van der Waals surface area contributed by atoms with Gasteiger partial charge in [-0.15, -0.1) is 0 Å². The highest BCUT2D eigenvalue weighted by molar-refractivity contribution is 6.30. The lowest BCUT2D eigenvalue weighted by atomic mass is 10.0. The number of benzene rings is 1. The Morgan fingerprint density at radius 1 is 1.46 bits per heavy atom. The summed E-state index contributed by atoms with van der Waals surface area (Å²) in [5.74, 6) is -0.281. The molecule has 1 nitrogen and oxygen atoms in total. The van der Waals surface area contributed by atoms with E-state index in [1.165, 1.54) is 12.1 Å². The summed E-state index contributed by atoms with van der Waals surface area (Å²) in [4.78, 5) is 0. The second-order valence-corrected chi connectivity index (χ2v) is 3.39. The quantitative estimate of drug-likeness (QED) is 0.792. The molecule has 3 heteroatoms. The summed E-state index contributed by atoms with van der Waals surface area (Å²) in [5.41, 5.74) is 0.898. The topological polar surface area (TPSA) is 12.0 Å². The molecule has 0 spiro atoms. The van der Waals surface area contributed by atoms with Gasteiger partial charge in [0.15, 0.2) is 0 Å². The van der Waals surface area contributed by atoms with Crippen LogP contribution in [0.25, 0.3) is 0 Å². The fraction of sp³-hybridized carbons (Fsp3) is 0.400. The maximum Gasteiger partial charge on any atom is 0.125 e. The summed E-state index contributed by atoms with van der Waals surface area (Å²) in [6, 6.07) is 4.78. The zero-order valence-corrected chi connectivity index (χ0v) is 8.53. The first-order chi connectivity index (χ1) is 6.17. The van der Waals surface area contributed by atoms with E-state index in [1.54, 1.807) is 6.07 Å². The summed E-state index contributed by atoms with van der Waals surface area (Å²) in [6.45, 7) is 2.04. The molecule has 0 heterocycles. The molecule has 1 rings (SSSR count). The number of nitrogens with one attached hydrogen (secondary N) is 1. The third-order valence-corrected chi connectivity index (χ3v) is 2.26. The van der Waals surface area contributed by atoms with Crippen molar-refractivity contribution in [1.82, 2.24) is 5.32 Å². The lowest BCUT2D eigenvalue weighted by Crippen LogP contribution is -2.15. The van der Waals surface area contributed by atoms with Crippen LogP contribution in [0.15, 0.2) is 18.2 Å². The molecule has 0 bridgehead atoms. The Bertz CT molecular complexity index is 264. The minimum Gasteiger partial charge on any atom is -0.313 e. The Morgan fingerprint density at radius 2 is 2.15 bits per heavy atom. The molecular formula is C10H13ClFN. The van der Waals surface area contributed by atoms with Gasteiger partial charge in [0.05, 0.1) is 0 Å². The van der Waals surface area contributed by atoms with E-state index in [0.717, 1.165) is 12.0 Å². The van der Waals surface area contributed by atoms with Crippen LogP contribution in [0.3, 0.4) is 0 Å². The van der Waals surface area contributed by atoms with Crippen LogP contribution in [0.1, 0.15) is 24.9 Å². The Morgan fingerprint density at radius 3 is 2.62 bits per heavy atom. The van der Waals surface area contributed by atoms with Crippen LogP contribution in [0.4, 0.5) is 4.39 Å². The molecule has 0 aromatic heterocycles. The van der Waals surface area contributed by atoms with Crippen LogP contribution in [0.2, 0.25) is 5.02 Å². The van der Waals surface area contributed by atoms with Crippen LogP contribution < -0.4 is 5.32 Å². The first kappa shape index (κ1) is 10.5. The molecule has 0 aliphatic carbocycles. The Balaban J connectivity index is 2.99. The second-order valence-electron chi connectivity index (χ2n) is 2.95. The average molecular weight is 202 g/mol. The van der Waals surface area contributed by atoms with E-state index in [1.807, 2.05) is 14.0 Å². The number of hydrogen-bond acceptors (Lipinski definition) is 1. The summed E-state index contributed by atoms with van der Waals surface area (Å²) in [6.07, 6.45) is 0.913. The Labute approximate surface area is 82.9 Å². The first-order valence-corrected chi connectivity index (χ1v) is 4.68. The predicted molar refractivity (Wildman–Crippen MR) is 53.5 cm³/mol. The van der Waals surface area contributed by atoms with Crippen LogP contribution in [-0.4, -0.2) is 7.05 Å². The smallest absolute Gasteiger partial charge is 0.125 e. The van der Waals surface area contributed by atoms with E-state index in [2.05, 4.69) is 5.32 Å². The van der Waals surface area contributed by atoms with Gasteiger partial charge in [0, 0.05) is 11.1 Å². The van der Waals surface area contributed by atoms with Gasteiger partial charge in [0.1, 0.15) is 5.82 Å². The summed E-state index contributed by atoms with van der Waals surface area (Å²) in [7, 11) is 1.85. The summed E-state index contributed by atoms with van der Waals surface area (Å²) < 4.78 is 12.9. The van der Waals surface area contributed by atoms with E-state index in [-0.39, 0.29) is 11.9 Å². The van der Waals surface area contributed by atoms with Gasteiger partial charge in [-0.3, -0.25) is 0 Å². The second kappa shape index (κ2) is 4.58. The molecule has 1 N–H and O–H groups in total. The largest absolute Gasteiger partial charge is 0.313 e. The van der Waals surface area contributed by atoms with Crippen LogP contribution >= 0.6 is 11.6 Å². The molecule has 0 aliphatic heterocycles. The number of rotatable bonds is 3. The zero-order chi connectivity index (χ0) is 9.84. The van der Waals surface area contributed by atoms with Crippen LogP contribution in [0, 0.1) is 5.82 Å². The van der Waals surface area contributed by atoms with Gasteiger partial charge in [-0.25, -0.2) is 4.39 Å². The Kier molecular flexibility index (Phi) is 3.70. The SMILES string of the molecule is CC[C@@H](NC)c1cc(F)cc(Cl)c1. The monoisotopic (exact) mass is 201 g/mol. The Hall–Kier alpha value is -0.600. The van der Waals surface area contributed by atoms with E-state index in [4.69, 9.17) is 11.6 Å². The minimum absolute atomic E-state index is 0.174. The van der Waals surface area contributed by atoms with Crippen molar-refractivity contribution in [3.8, 4) is 0 Å². The van der Waals surface area contributed by atoms with Crippen molar-refractivity contribution in [2.75, 3.05) is 7.05 Å². The van der Waals surface area contributed by atoms with Crippen molar-refractivity contribution in [2.45, 2.75) is 19.4 Å². The van der Waals surface area contributed by atoms with Gasteiger partial charge in [-0.2, -0.15) is 0 Å². The van der Waals surface area contributed by atoms with Crippen molar-refractivity contribution in [2.24, 2.45) is 0 Å². The third kappa shape index (κ3) is 2.68. The molecule has 0 amide bonds. The molecule has 1 aromatic carbocycles. The van der Waals surface area contributed by atoms with Gasteiger partial charge in [0.2, 0.25) is 0 Å². The van der Waals surface area contributed by atoms with E-state index < -0.39 is 0 Å². The highest BCUT2D eigenvalue weighted by Crippen LogP contribution is 2.21.